The Hall–Kier alpha value is -0.600. The molecule has 100 valence electrons. The van der Waals surface area contributed by atoms with Crippen LogP contribution in [0.25, 0.3) is 0 Å². The molecule has 0 radical (unpaired) electrons. The van der Waals surface area contributed by atoms with E-state index < -0.39 is 0 Å². The second-order valence-corrected chi connectivity index (χ2v) is 6.06. The van der Waals surface area contributed by atoms with Crippen LogP contribution in [-0.4, -0.2) is 5.54 Å². The summed E-state index contributed by atoms with van der Waals surface area (Å²) < 4.78 is 13.8. The summed E-state index contributed by atoms with van der Waals surface area (Å²) in [5.74, 6) is 0.571. The molecule has 2 rings (SSSR count). The zero-order chi connectivity index (χ0) is 13.2. The third kappa shape index (κ3) is 3.24. The molecule has 0 unspecified atom stereocenters. The molecular weight excluding hydrogens is 249 g/mol. The van der Waals surface area contributed by atoms with Gasteiger partial charge in [-0.1, -0.05) is 31.0 Å². The van der Waals surface area contributed by atoms with Crippen LogP contribution < -0.4 is 5.73 Å². The Kier molecular flexibility index (Phi) is 4.29. The molecule has 1 aromatic carbocycles. The average Bonchev–Trinajstić information content (AvgIpc) is 2.34. The number of benzene rings is 1. The monoisotopic (exact) mass is 269 g/mol. The van der Waals surface area contributed by atoms with Crippen LogP contribution in [0.3, 0.4) is 0 Å². The predicted molar refractivity (Wildman–Crippen MR) is 74.3 cm³/mol. The van der Waals surface area contributed by atoms with E-state index >= 15 is 0 Å². The summed E-state index contributed by atoms with van der Waals surface area (Å²) in [7, 11) is 0. The molecule has 1 aromatic rings. The van der Waals surface area contributed by atoms with E-state index in [1.165, 1.54) is 25.3 Å². The van der Waals surface area contributed by atoms with Crippen LogP contribution in [-0.2, 0) is 6.42 Å². The average molecular weight is 270 g/mol. The second-order valence-electron chi connectivity index (χ2n) is 5.63. The lowest BCUT2D eigenvalue weighted by Crippen LogP contribution is -2.45. The Morgan fingerprint density at radius 2 is 2.06 bits per heavy atom. The van der Waals surface area contributed by atoms with Crippen molar-refractivity contribution in [1.29, 1.82) is 0 Å². The fourth-order valence-corrected chi connectivity index (χ4v) is 3.04. The van der Waals surface area contributed by atoms with Crippen LogP contribution in [0.1, 0.15) is 44.6 Å². The lowest BCUT2D eigenvalue weighted by molar-refractivity contribution is 0.227. The van der Waals surface area contributed by atoms with Gasteiger partial charge in [0.2, 0.25) is 0 Å². The number of hydrogen-bond acceptors (Lipinski definition) is 1. The van der Waals surface area contributed by atoms with Gasteiger partial charge in [0.1, 0.15) is 5.82 Å². The number of halogens is 2. The Morgan fingerprint density at radius 3 is 2.61 bits per heavy atom. The van der Waals surface area contributed by atoms with E-state index in [1.807, 2.05) is 0 Å². The maximum absolute atomic E-state index is 13.8. The topological polar surface area (TPSA) is 26.0 Å². The quantitative estimate of drug-likeness (QED) is 0.869. The molecule has 18 heavy (non-hydrogen) atoms. The highest BCUT2D eigenvalue weighted by atomic mass is 35.5. The predicted octanol–water partition coefficient (Wildman–Crippen LogP) is 4.32. The smallest absolute Gasteiger partial charge is 0.127 e. The van der Waals surface area contributed by atoms with Gasteiger partial charge in [0.05, 0.1) is 0 Å². The van der Waals surface area contributed by atoms with Crippen molar-refractivity contribution in [2.45, 2.75) is 51.0 Å². The van der Waals surface area contributed by atoms with Gasteiger partial charge in [0.25, 0.3) is 0 Å². The zero-order valence-electron chi connectivity index (χ0n) is 10.9. The van der Waals surface area contributed by atoms with Crippen LogP contribution in [0.15, 0.2) is 18.2 Å². The van der Waals surface area contributed by atoms with Gasteiger partial charge in [-0.2, -0.15) is 0 Å². The van der Waals surface area contributed by atoms with Crippen LogP contribution in [0.2, 0.25) is 5.02 Å². The van der Waals surface area contributed by atoms with Gasteiger partial charge < -0.3 is 5.73 Å². The highest BCUT2D eigenvalue weighted by molar-refractivity contribution is 6.30. The molecule has 0 spiro atoms. The molecule has 0 atom stereocenters. The van der Waals surface area contributed by atoms with E-state index in [0.29, 0.717) is 17.0 Å². The Balaban J connectivity index is 2.04. The third-order valence-electron chi connectivity index (χ3n) is 4.24. The van der Waals surface area contributed by atoms with Gasteiger partial charge in [-0.15, -0.1) is 0 Å². The minimum Gasteiger partial charge on any atom is -0.325 e. The van der Waals surface area contributed by atoms with E-state index in [1.54, 1.807) is 12.1 Å². The lowest BCUT2D eigenvalue weighted by atomic mass is 9.73. The van der Waals surface area contributed by atoms with Gasteiger partial charge in [0.15, 0.2) is 0 Å². The van der Waals surface area contributed by atoms with E-state index in [-0.39, 0.29) is 11.4 Å². The molecule has 0 aromatic heterocycles. The van der Waals surface area contributed by atoms with E-state index in [0.717, 1.165) is 18.8 Å². The third-order valence-corrected chi connectivity index (χ3v) is 4.47. The first kappa shape index (κ1) is 13.8. The van der Waals surface area contributed by atoms with Gasteiger partial charge in [-0.25, -0.2) is 4.39 Å². The van der Waals surface area contributed by atoms with Crippen molar-refractivity contribution in [3.63, 3.8) is 0 Å². The largest absolute Gasteiger partial charge is 0.325 e. The molecular formula is C15H21ClFN. The SMILES string of the molecule is CCC1CCC(N)(Cc2ccc(Cl)cc2F)CC1. The van der Waals surface area contributed by atoms with Crippen LogP contribution >= 0.6 is 11.6 Å². The Labute approximate surface area is 114 Å². The van der Waals surface area contributed by atoms with Gasteiger partial charge in [-0.3, -0.25) is 0 Å². The highest BCUT2D eigenvalue weighted by Crippen LogP contribution is 2.34. The first-order valence-electron chi connectivity index (χ1n) is 6.75. The maximum atomic E-state index is 13.8. The Morgan fingerprint density at radius 1 is 1.39 bits per heavy atom. The number of hydrogen-bond donors (Lipinski definition) is 1. The van der Waals surface area contributed by atoms with Crippen LogP contribution in [0.4, 0.5) is 4.39 Å². The molecule has 1 saturated carbocycles. The van der Waals surface area contributed by atoms with E-state index in [9.17, 15) is 4.39 Å². The summed E-state index contributed by atoms with van der Waals surface area (Å²) in [6.45, 7) is 2.23. The standard InChI is InChI=1S/C15H21ClFN/c1-2-11-5-7-15(18,8-6-11)10-12-3-4-13(16)9-14(12)17/h3-4,9,11H,2,5-8,10,18H2,1H3. The molecule has 1 aliphatic rings. The fraction of sp³-hybridized carbons (Fsp3) is 0.600. The molecule has 0 amide bonds. The van der Waals surface area contributed by atoms with Crippen molar-refractivity contribution in [2.24, 2.45) is 11.7 Å². The highest BCUT2D eigenvalue weighted by Gasteiger charge is 2.31. The van der Waals surface area contributed by atoms with Crippen molar-refractivity contribution >= 4 is 11.6 Å². The van der Waals surface area contributed by atoms with E-state index in [4.69, 9.17) is 17.3 Å². The fourth-order valence-electron chi connectivity index (χ4n) is 2.88. The van der Waals surface area contributed by atoms with Gasteiger partial charge in [-0.05, 0) is 55.7 Å². The molecule has 1 aliphatic carbocycles. The molecule has 0 saturated heterocycles. The van der Waals surface area contributed by atoms with Crippen LogP contribution in [0, 0.1) is 11.7 Å². The summed E-state index contributed by atoms with van der Waals surface area (Å²) in [5.41, 5.74) is 6.87. The van der Waals surface area contributed by atoms with Crippen molar-refractivity contribution in [3.05, 3.63) is 34.6 Å². The van der Waals surface area contributed by atoms with Crippen molar-refractivity contribution < 1.29 is 4.39 Å². The van der Waals surface area contributed by atoms with Crippen molar-refractivity contribution in [1.82, 2.24) is 0 Å². The zero-order valence-corrected chi connectivity index (χ0v) is 11.6. The number of nitrogens with two attached hydrogens (primary N) is 1. The van der Waals surface area contributed by atoms with Gasteiger partial charge in [0, 0.05) is 10.6 Å². The Bertz CT molecular complexity index is 411. The molecule has 2 N–H and O–H groups in total. The minimum atomic E-state index is -0.236. The summed E-state index contributed by atoms with van der Waals surface area (Å²) in [5, 5.41) is 0.442. The second kappa shape index (κ2) is 5.58. The normalized spacial score (nSPS) is 28.3. The number of rotatable bonds is 3. The molecule has 0 bridgehead atoms. The lowest BCUT2D eigenvalue weighted by Gasteiger charge is -2.37. The van der Waals surface area contributed by atoms with Crippen LogP contribution in [0.5, 0.6) is 0 Å². The minimum absolute atomic E-state index is 0.232. The summed E-state index contributed by atoms with van der Waals surface area (Å²) in [6, 6.07) is 4.87. The first-order valence-corrected chi connectivity index (χ1v) is 7.13. The molecule has 0 aliphatic heterocycles. The molecule has 0 heterocycles. The van der Waals surface area contributed by atoms with Crippen molar-refractivity contribution in [2.75, 3.05) is 0 Å². The first-order chi connectivity index (χ1) is 8.52. The molecule has 1 nitrogen and oxygen atoms in total. The summed E-state index contributed by atoms with van der Waals surface area (Å²) in [4.78, 5) is 0. The van der Waals surface area contributed by atoms with Crippen molar-refractivity contribution in [3.8, 4) is 0 Å². The van der Waals surface area contributed by atoms with E-state index in [2.05, 4.69) is 6.92 Å². The maximum Gasteiger partial charge on any atom is 0.127 e. The summed E-state index contributed by atoms with van der Waals surface area (Å²) in [6.07, 6.45) is 6.17. The summed E-state index contributed by atoms with van der Waals surface area (Å²) >= 11 is 5.76. The molecule has 3 heteroatoms. The molecule has 1 fully saturated rings. The van der Waals surface area contributed by atoms with Gasteiger partial charge >= 0.3 is 0 Å².